The number of ketones is 1. The smallest absolute Gasteiger partial charge is 0.169 e. The molecular formula is C15H17ClN2O. The van der Waals surface area contributed by atoms with Gasteiger partial charge in [0.05, 0.1) is 12.1 Å². The van der Waals surface area contributed by atoms with Crippen LogP contribution in [0.1, 0.15) is 41.5 Å². The molecule has 0 bridgehead atoms. The standard InChI is InChI=1S/C15H17ClN2O/c1-10(2)18-8-7-12(17-18)9-15(19)13-5-4-6-14(16)11(13)3/h4-8,10H,9H2,1-3H3. The summed E-state index contributed by atoms with van der Waals surface area (Å²) in [5.41, 5.74) is 2.29. The minimum absolute atomic E-state index is 0.0500. The van der Waals surface area contributed by atoms with Crippen molar-refractivity contribution in [1.29, 1.82) is 0 Å². The number of halogens is 1. The van der Waals surface area contributed by atoms with Crippen molar-refractivity contribution in [2.45, 2.75) is 33.2 Å². The van der Waals surface area contributed by atoms with E-state index in [-0.39, 0.29) is 5.78 Å². The minimum atomic E-state index is 0.0500. The molecule has 2 rings (SSSR count). The number of rotatable bonds is 4. The average Bonchev–Trinajstić information content (AvgIpc) is 2.81. The lowest BCUT2D eigenvalue weighted by Gasteiger charge is -2.06. The third-order valence-electron chi connectivity index (χ3n) is 3.10. The number of hydrogen-bond donors (Lipinski definition) is 0. The van der Waals surface area contributed by atoms with E-state index in [0.29, 0.717) is 23.0 Å². The number of Topliss-reactive ketones (excluding diaryl/α,β-unsaturated/α-hetero) is 1. The lowest BCUT2D eigenvalue weighted by Crippen LogP contribution is -2.08. The molecule has 0 unspecified atom stereocenters. The van der Waals surface area contributed by atoms with Crippen LogP contribution in [0.3, 0.4) is 0 Å². The second-order valence-electron chi connectivity index (χ2n) is 4.89. The summed E-state index contributed by atoms with van der Waals surface area (Å²) < 4.78 is 1.85. The lowest BCUT2D eigenvalue weighted by atomic mass is 10.0. The van der Waals surface area contributed by atoms with Crippen LogP contribution < -0.4 is 0 Å². The first-order chi connectivity index (χ1) is 8.99. The van der Waals surface area contributed by atoms with Crippen LogP contribution in [-0.2, 0) is 6.42 Å². The maximum atomic E-state index is 12.3. The van der Waals surface area contributed by atoms with Gasteiger partial charge in [-0.3, -0.25) is 9.48 Å². The average molecular weight is 277 g/mol. The Hall–Kier alpha value is -1.61. The van der Waals surface area contributed by atoms with Crippen LogP contribution in [0, 0.1) is 6.92 Å². The molecule has 0 radical (unpaired) electrons. The van der Waals surface area contributed by atoms with Crippen LogP contribution in [0.5, 0.6) is 0 Å². The Morgan fingerprint density at radius 2 is 2.11 bits per heavy atom. The first kappa shape index (κ1) is 13.8. The van der Waals surface area contributed by atoms with E-state index in [0.717, 1.165) is 11.3 Å². The van der Waals surface area contributed by atoms with Gasteiger partial charge in [0.25, 0.3) is 0 Å². The maximum Gasteiger partial charge on any atom is 0.169 e. The summed E-state index contributed by atoms with van der Waals surface area (Å²) in [7, 11) is 0. The Balaban J connectivity index is 2.18. The fraction of sp³-hybridized carbons (Fsp3) is 0.333. The molecule has 0 saturated heterocycles. The van der Waals surface area contributed by atoms with Crippen molar-refractivity contribution in [3.05, 3.63) is 52.3 Å². The molecule has 0 fully saturated rings. The van der Waals surface area contributed by atoms with Gasteiger partial charge in [-0.1, -0.05) is 23.7 Å². The molecule has 0 saturated carbocycles. The Morgan fingerprint density at radius 1 is 1.37 bits per heavy atom. The predicted octanol–water partition coefficient (Wildman–Crippen LogP) is 3.85. The number of hydrogen-bond acceptors (Lipinski definition) is 2. The third-order valence-corrected chi connectivity index (χ3v) is 3.51. The number of carbonyl (C=O) groups is 1. The molecule has 0 atom stereocenters. The van der Waals surface area contributed by atoms with Gasteiger partial charge in [-0.2, -0.15) is 5.10 Å². The summed E-state index contributed by atoms with van der Waals surface area (Å²) in [6, 6.07) is 7.59. The fourth-order valence-electron chi connectivity index (χ4n) is 1.93. The van der Waals surface area contributed by atoms with Gasteiger partial charge in [0, 0.05) is 22.8 Å². The van der Waals surface area contributed by atoms with Crippen LogP contribution in [0.2, 0.25) is 5.02 Å². The van der Waals surface area contributed by atoms with Crippen LogP contribution in [0.4, 0.5) is 0 Å². The van der Waals surface area contributed by atoms with Crippen LogP contribution >= 0.6 is 11.6 Å². The van der Waals surface area contributed by atoms with Crippen LogP contribution in [0.25, 0.3) is 0 Å². The topological polar surface area (TPSA) is 34.9 Å². The minimum Gasteiger partial charge on any atom is -0.294 e. The number of carbonyl (C=O) groups excluding carboxylic acids is 1. The molecule has 2 aromatic rings. The zero-order valence-corrected chi connectivity index (χ0v) is 12.1. The molecule has 1 heterocycles. The van der Waals surface area contributed by atoms with Gasteiger partial charge in [0.2, 0.25) is 0 Å². The summed E-state index contributed by atoms with van der Waals surface area (Å²) in [6.07, 6.45) is 2.21. The summed E-state index contributed by atoms with van der Waals surface area (Å²) in [5, 5.41) is 5.01. The molecule has 100 valence electrons. The molecule has 0 spiro atoms. The highest BCUT2D eigenvalue weighted by atomic mass is 35.5. The largest absolute Gasteiger partial charge is 0.294 e. The van der Waals surface area contributed by atoms with Crippen molar-refractivity contribution < 1.29 is 4.79 Å². The third kappa shape index (κ3) is 3.04. The lowest BCUT2D eigenvalue weighted by molar-refractivity contribution is 0.0991. The molecule has 0 aliphatic heterocycles. The second-order valence-corrected chi connectivity index (χ2v) is 5.30. The van der Waals surface area contributed by atoms with E-state index in [1.165, 1.54) is 0 Å². The molecule has 3 nitrogen and oxygen atoms in total. The number of nitrogens with zero attached hydrogens (tertiary/aromatic N) is 2. The number of benzene rings is 1. The summed E-state index contributed by atoms with van der Waals surface area (Å²) in [6.45, 7) is 5.97. The molecule has 1 aromatic heterocycles. The van der Waals surface area contributed by atoms with E-state index in [2.05, 4.69) is 18.9 Å². The van der Waals surface area contributed by atoms with Crippen molar-refractivity contribution in [3.63, 3.8) is 0 Å². The van der Waals surface area contributed by atoms with Crippen molar-refractivity contribution in [3.8, 4) is 0 Å². The Bertz CT molecular complexity index is 602. The van der Waals surface area contributed by atoms with Gasteiger partial charge in [0.15, 0.2) is 5.78 Å². The van der Waals surface area contributed by atoms with E-state index in [4.69, 9.17) is 11.6 Å². The first-order valence-electron chi connectivity index (χ1n) is 6.31. The Morgan fingerprint density at radius 3 is 2.74 bits per heavy atom. The van der Waals surface area contributed by atoms with E-state index in [1.54, 1.807) is 12.1 Å². The van der Waals surface area contributed by atoms with Gasteiger partial charge >= 0.3 is 0 Å². The van der Waals surface area contributed by atoms with E-state index in [9.17, 15) is 4.79 Å². The van der Waals surface area contributed by atoms with Crippen LogP contribution in [0.15, 0.2) is 30.5 Å². The molecule has 4 heteroatoms. The first-order valence-corrected chi connectivity index (χ1v) is 6.69. The maximum absolute atomic E-state index is 12.3. The van der Waals surface area contributed by atoms with Crippen molar-refractivity contribution in [2.75, 3.05) is 0 Å². The monoisotopic (exact) mass is 276 g/mol. The molecule has 1 aromatic carbocycles. The van der Waals surface area contributed by atoms with E-state index in [1.807, 2.05) is 29.9 Å². The molecular weight excluding hydrogens is 260 g/mol. The normalized spacial score (nSPS) is 11.0. The SMILES string of the molecule is Cc1c(Cl)cccc1C(=O)Cc1ccn(C(C)C)n1. The van der Waals surface area contributed by atoms with Gasteiger partial charge in [-0.25, -0.2) is 0 Å². The molecule has 0 amide bonds. The van der Waals surface area contributed by atoms with Crippen LogP contribution in [-0.4, -0.2) is 15.6 Å². The molecule has 0 aliphatic rings. The highest BCUT2D eigenvalue weighted by molar-refractivity contribution is 6.31. The summed E-state index contributed by atoms with van der Waals surface area (Å²) in [4.78, 5) is 12.3. The van der Waals surface area contributed by atoms with Gasteiger partial charge < -0.3 is 0 Å². The molecule has 0 N–H and O–H groups in total. The van der Waals surface area contributed by atoms with Gasteiger partial charge in [-0.15, -0.1) is 0 Å². The molecule has 19 heavy (non-hydrogen) atoms. The van der Waals surface area contributed by atoms with Crippen molar-refractivity contribution in [2.24, 2.45) is 0 Å². The van der Waals surface area contributed by atoms with E-state index < -0.39 is 0 Å². The summed E-state index contributed by atoms with van der Waals surface area (Å²) in [5.74, 6) is 0.0500. The predicted molar refractivity (Wildman–Crippen MR) is 76.8 cm³/mol. The number of aromatic nitrogens is 2. The zero-order chi connectivity index (χ0) is 14.0. The van der Waals surface area contributed by atoms with Crippen molar-refractivity contribution in [1.82, 2.24) is 9.78 Å². The second kappa shape index (κ2) is 5.57. The highest BCUT2D eigenvalue weighted by Gasteiger charge is 2.13. The fourth-order valence-corrected chi connectivity index (χ4v) is 2.10. The summed E-state index contributed by atoms with van der Waals surface area (Å²) >= 11 is 6.03. The molecule has 0 aliphatic carbocycles. The quantitative estimate of drug-likeness (QED) is 0.795. The van der Waals surface area contributed by atoms with Gasteiger partial charge in [-0.05, 0) is 38.5 Å². The van der Waals surface area contributed by atoms with E-state index >= 15 is 0 Å². The highest BCUT2D eigenvalue weighted by Crippen LogP contribution is 2.20. The Labute approximate surface area is 118 Å². The van der Waals surface area contributed by atoms with Gasteiger partial charge in [0.1, 0.15) is 0 Å². The van der Waals surface area contributed by atoms with Crippen molar-refractivity contribution >= 4 is 17.4 Å². The Kier molecular flexibility index (Phi) is 4.05. The zero-order valence-electron chi connectivity index (χ0n) is 11.4.